The van der Waals surface area contributed by atoms with Crippen LogP contribution in [0.25, 0.3) is 0 Å². The maximum absolute atomic E-state index is 5.79. The summed E-state index contributed by atoms with van der Waals surface area (Å²) in [7, 11) is 0. The van der Waals surface area contributed by atoms with Crippen LogP contribution in [0.15, 0.2) is 12.2 Å². The molecule has 0 bridgehead atoms. The molecule has 86 valence electrons. The zero-order valence-corrected chi connectivity index (χ0v) is 10.1. The van der Waals surface area contributed by atoms with Gasteiger partial charge in [0, 0.05) is 0 Å². The van der Waals surface area contributed by atoms with Gasteiger partial charge in [0.15, 0.2) is 0 Å². The van der Waals surface area contributed by atoms with Crippen LogP contribution in [-0.2, 0) is 4.74 Å². The molecule has 2 atom stereocenters. The molecule has 1 aliphatic carbocycles. The van der Waals surface area contributed by atoms with Crippen LogP contribution in [-0.4, -0.2) is 12.2 Å². The van der Waals surface area contributed by atoms with Crippen molar-refractivity contribution in [2.45, 2.75) is 64.6 Å². The molecule has 2 aliphatic rings. The summed E-state index contributed by atoms with van der Waals surface area (Å²) in [5.41, 5.74) is 0. The molecule has 1 saturated heterocycles. The van der Waals surface area contributed by atoms with E-state index in [0.29, 0.717) is 12.2 Å². The number of hydrogen-bond donors (Lipinski definition) is 0. The highest BCUT2D eigenvalue weighted by Crippen LogP contribution is 2.30. The van der Waals surface area contributed by atoms with E-state index in [2.05, 4.69) is 26.0 Å². The third-order valence-corrected chi connectivity index (χ3v) is 3.92. The summed E-state index contributed by atoms with van der Waals surface area (Å²) in [6.45, 7) is 4.55. The number of allylic oxidation sites excluding steroid dienone is 1. The molecule has 0 aromatic carbocycles. The molecule has 0 aromatic heterocycles. The van der Waals surface area contributed by atoms with E-state index in [0.717, 1.165) is 11.8 Å². The fourth-order valence-electron chi connectivity index (χ4n) is 2.73. The van der Waals surface area contributed by atoms with Gasteiger partial charge in [-0.2, -0.15) is 0 Å². The molecule has 0 spiro atoms. The molecule has 1 heterocycles. The van der Waals surface area contributed by atoms with Crippen LogP contribution >= 0.6 is 0 Å². The molecule has 1 heteroatoms. The van der Waals surface area contributed by atoms with Gasteiger partial charge in [0.1, 0.15) is 0 Å². The molecule has 2 rings (SSSR count). The van der Waals surface area contributed by atoms with Crippen molar-refractivity contribution in [2.24, 2.45) is 11.8 Å². The normalized spacial score (nSPS) is 42.5. The van der Waals surface area contributed by atoms with Gasteiger partial charge in [-0.1, -0.05) is 31.9 Å². The topological polar surface area (TPSA) is 9.23 Å². The molecule has 2 unspecified atom stereocenters. The van der Waals surface area contributed by atoms with Gasteiger partial charge in [-0.05, 0) is 44.4 Å². The van der Waals surface area contributed by atoms with E-state index >= 15 is 0 Å². The second kappa shape index (κ2) is 5.16. The van der Waals surface area contributed by atoms with Gasteiger partial charge in [0.25, 0.3) is 0 Å². The van der Waals surface area contributed by atoms with Crippen molar-refractivity contribution in [3.05, 3.63) is 12.2 Å². The minimum absolute atomic E-state index is 0.416. The molecular weight excluding hydrogens is 184 g/mol. The third kappa shape index (κ3) is 3.34. The number of hydrogen-bond acceptors (Lipinski definition) is 1. The van der Waals surface area contributed by atoms with E-state index in [1.807, 2.05) is 0 Å². The van der Waals surface area contributed by atoms with Crippen LogP contribution in [0.3, 0.4) is 0 Å². The van der Waals surface area contributed by atoms with Gasteiger partial charge < -0.3 is 4.74 Å². The highest BCUT2D eigenvalue weighted by atomic mass is 16.5. The van der Waals surface area contributed by atoms with Crippen molar-refractivity contribution in [3.63, 3.8) is 0 Å². The smallest absolute Gasteiger partial charge is 0.0760 e. The zero-order chi connectivity index (χ0) is 10.7. The summed E-state index contributed by atoms with van der Waals surface area (Å²) >= 11 is 0. The Kier molecular flexibility index (Phi) is 3.85. The van der Waals surface area contributed by atoms with Gasteiger partial charge >= 0.3 is 0 Å². The maximum Gasteiger partial charge on any atom is 0.0760 e. The molecule has 0 aromatic rings. The first-order chi connectivity index (χ1) is 7.24. The highest BCUT2D eigenvalue weighted by molar-refractivity contribution is 4.97. The van der Waals surface area contributed by atoms with Gasteiger partial charge in [-0.3, -0.25) is 0 Å². The van der Waals surface area contributed by atoms with Crippen molar-refractivity contribution in [1.82, 2.24) is 0 Å². The third-order valence-electron chi connectivity index (χ3n) is 3.92. The zero-order valence-electron chi connectivity index (χ0n) is 10.1. The van der Waals surface area contributed by atoms with Crippen LogP contribution in [0.5, 0.6) is 0 Å². The lowest BCUT2D eigenvalue weighted by Crippen LogP contribution is -2.11. The molecule has 2 fully saturated rings. The second-order valence-corrected chi connectivity index (χ2v) is 5.47. The average molecular weight is 208 g/mol. The van der Waals surface area contributed by atoms with Gasteiger partial charge in [-0.25, -0.2) is 0 Å². The first kappa shape index (κ1) is 11.2. The summed E-state index contributed by atoms with van der Waals surface area (Å²) < 4.78 is 5.79. The van der Waals surface area contributed by atoms with E-state index < -0.39 is 0 Å². The van der Waals surface area contributed by atoms with Crippen LogP contribution in [0, 0.1) is 11.8 Å². The van der Waals surface area contributed by atoms with E-state index in [1.54, 1.807) is 0 Å². The van der Waals surface area contributed by atoms with Gasteiger partial charge in [0.2, 0.25) is 0 Å². The molecule has 1 nitrogen and oxygen atoms in total. The monoisotopic (exact) mass is 208 g/mol. The summed E-state index contributed by atoms with van der Waals surface area (Å²) in [5.74, 6) is 1.79. The quantitative estimate of drug-likeness (QED) is 0.625. The summed E-state index contributed by atoms with van der Waals surface area (Å²) in [4.78, 5) is 0. The average Bonchev–Trinajstić information content (AvgIpc) is 2.64. The van der Waals surface area contributed by atoms with E-state index in [4.69, 9.17) is 4.74 Å². The van der Waals surface area contributed by atoms with Crippen LogP contribution in [0.2, 0.25) is 0 Å². The molecular formula is C14H24O. The Balaban J connectivity index is 1.74. The Hall–Kier alpha value is -0.300. The fourth-order valence-corrected chi connectivity index (χ4v) is 2.73. The Morgan fingerprint density at radius 1 is 0.867 bits per heavy atom. The summed E-state index contributed by atoms with van der Waals surface area (Å²) in [6, 6.07) is 0. The van der Waals surface area contributed by atoms with Crippen molar-refractivity contribution in [3.8, 4) is 0 Å². The first-order valence-electron chi connectivity index (χ1n) is 6.58. The Bertz CT molecular complexity index is 213. The predicted molar refractivity (Wildman–Crippen MR) is 63.8 cm³/mol. The van der Waals surface area contributed by atoms with E-state index in [1.165, 1.54) is 38.5 Å². The second-order valence-electron chi connectivity index (χ2n) is 5.47. The van der Waals surface area contributed by atoms with Crippen LogP contribution < -0.4 is 0 Å². The standard InChI is InChI=1S/C14H24O/c1-11-3-6-13(7-4-11)8-10-14-9-5-12(2)15-14/h8,10-14H,3-7,9H2,1-2H3/b10-8+. The minimum Gasteiger partial charge on any atom is -0.371 e. The molecule has 0 amide bonds. The largest absolute Gasteiger partial charge is 0.371 e. The molecule has 0 radical (unpaired) electrons. The minimum atomic E-state index is 0.416. The van der Waals surface area contributed by atoms with Gasteiger partial charge in [-0.15, -0.1) is 0 Å². The van der Waals surface area contributed by atoms with Crippen molar-refractivity contribution >= 4 is 0 Å². The van der Waals surface area contributed by atoms with Gasteiger partial charge in [0.05, 0.1) is 12.2 Å². The maximum atomic E-state index is 5.79. The van der Waals surface area contributed by atoms with Crippen molar-refractivity contribution < 1.29 is 4.74 Å². The molecule has 0 N–H and O–H groups in total. The Morgan fingerprint density at radius 2 is 1.60 bits per heavy atom. The molecule has 1 aliphatic heterocycles. The fraction of sp³-hybridized carbons (Fsp3) is 0.857. The lowest BCUT2D eigenvalue weighted by Gasteiger charge is -2.23. The Morgan fingerprint density at radius 3 is 2.20 bits per heavy atom. The lowest BCUT2D eigenvalue weighted by molar-refractivity contribution is 0.0829. The van der Waals surface area contributed by atoms with Crippen LogP contribution in [0.4, 0.5) is 0 Å². The molecule has 15 heavy (non-hydrogen) atoms. The summed E-state index contributed by atoms with van der Waals surface area (Å²) in [5, 5.41) is 0. The van der Waals surface area contributed by atoms with Crippen molar-refractivity contribution in [2.75, 3.05) is 0 Å². The molecule has 1 saturated carbocycles. The predicted octanol–water partition coefficient (Wildman–Crippen LogP) is 3.94. The van der Waals surface area contributed by atoms with E-state index in [9.17, 15) is 0 Å². The SMILES string of the molecule is CC1CCC(/C=C/C2CCC(C)O2)CC1. The summed E-state index contributed by atoms with van der Waals surface area (Å²) in [6.07, 6.45) is 13.7. The Labute approximate surface area is 93.9 Å². The highest BCUT2D eigenvalue weighted by Gasteiger charge is 2.20. The van der Waals surface area contributed by atoms with Crippen LogP contribution in [0.1, 0.15) is 52.4 Å². The number of rotatable bonds is 2. The first-order valence-corrected chi connectivity index (χ1v) is 6.58. The van der Waals surface area contributed by atoms with Crippen molar-refractivity contribution in [1.29, 1.82) is 0 Å². The number of ether oxygens (including phenoxy) is 1. The van der Waals surface area contributed by atoms with E-state index in [-0.39, 0.29) is 0 Å². The lowest BCUT2D eigenvalue weighted by atomic mass is 9.83.